The maximum absolute atomic E-state index is 10.7. The fourth-order valence-electron chi connectivity index (χ4n) is 2.72. The maximum Gasteiger partial charge on any atom is 0.161 e. The monoisotopic (exact) mass is 374 g/mol. The van der Waals surface area contributed by atoms with Crippen molar-refractivity contribution in [2.24, 2.45) is 0 Å². The van der Waals surface area contributed by atoms with Gasteiger partial charge < -0.3 is 29.2 Å². The summed E-state index contributed by atoms with van der Waals surface area (Å²) in [4.78, 5) is 0. The first-order chi connectivity index (χ1) is 13.1. The largest absolute Gasteiger partial charge is 0.493 e. The van der Waals surface area contributed by atoms with Crippen molar-refractivity contribution in [2.45, 2.75) is 18.6 Å². The van der Waals surface area contributed by atoms with Gasteiger partial charge in [0.25, 0.3) is 0 Å². The van der Waals surface area contributed by atoms with E-state index in [0.717, 1.165) is 5.56 Å². The predicted molar refractivity (Wildman–Crippen MR) is 103 cm³/mol. The summed E-state index contributed by atoms with van der Waals surface area (Å²) in [6.07, 6.45) is 0.538. The summed E-state index contributed by atoms with van der Waals surface area (Å²) in [5, 5.41) is 20.4. The van der Waals surface area contributed by atoms with E-state index in [1.165, 1.54) is 14.2 Å². The molecule has 0 amide bonds. The summed E-state index contributed by atoms with van der Waals surface area (Å²) >= 11 is 0. The number of allylic oxidation sites excluding steroid dienone is 1. The van der Waals surface area contributed by atoms with Crippen molar-refractivity contribution >= 4 is 0 Å². The van der Waals surface area contributed by atoms with Crippen LogP contribution in [0.15, 0.2) is 49.1 Å². The van der Waals surface area contributed by atoms with E-state index in [1.54, 1.807) is 37.5 Å². The van der Waals surface area contributed by atoms with Crippen LogP contribution in [0.4, 0.5) is 0 Å². The Morgan fingerprint density at radius 3 is 2.15 bits per heavy atom. The predicted octanol–water partition coefficient (Wildman–Crippen LogP) is 2.91. The molecule has 27 heavy (non-hydrogen) atoms. The third-order valence-corrected chi connectivity index (χ3v) is 4.17. The van der Waals surface area contributed by atoms with E-state index in [0.29, 0.717) is 35.0 Å². The van der Waals surface area contributed by atoms with Gasteiger partial charge in [-0.25, -0.2) is 0 Å². The zero-order chi connectivity index (χ0) is 19.8. The Bertz CT molecular complexity index is 758. The molecule has 0 aliphatic rings. The van der Waals surface area contributed by atoms with Crippen LogP contribution in [0.5, 0.6) is 23.0 Å². The smallest absolute Gasteiger partial charge is 0.161 e. The van der Waals surface area contributed by atoms with E-state index in [4.69, 9.17) is 18.9 Å². The summed E-state index contributed by atoms with van der Waals surface area (Å²) in [6, 6.07) is 10.5. The summed E-state index contributed by atoms with van der Waals surface area (Å²) in [6.45, 7) is 3.34. The lowest BCUT2D eigenvalue weighted by Crippen LogP contribution is -2.29. The molecule has 2 rings (SSSR count). The van der Waals surface area contributed by atoms with Crippen LogP contribution >= 0.6 is 0 Å². The molecule has 0 saturated carbocycles. The molecule has 2 N–H and O–H groups in total. The molecule has 0 aliphatic carbocycles. The SMILES string of the molecule is C=CCc1ccc(O[C@@H](CO)[C@H](O)c2ccc(OC)c(OC)c2)c(OC)c1. The Morgan fingerprint density at radius 1 is 0.926 bits per heavy atom. The van der Waals surface area contributed by atoms with Gasteiger partial charge in [-0.3, -0.25) is 0 Å². The lowest BCUT2D eigenvalue weighted by atomic mass is 10.0. The van der Waals surface area contributed by atoms with Crippen LogP contribution in [-0.2, 0) is 6.42 Å². The molecule has 0 aromatic heterocycles. The highest BCUT2D eigenvalue weighted by atomic mass is 16.5. The number of aliphatic hydroxyl groups is 2. The first-order valence-electron chi connectivity index (χ1n) is 8.53. The molecule has 0 saturated heterocycles. The standard InChI is InChI=1S/C21H26O6/c1-5-6-14-7-9-17(18(11-14)25-3)27-20(13-22)21(23)15-8-10-16(24-2)19(12-15)26-4/h5,7-12,20-23H,1,6,13H2,2-4H3/t20-,21+/m0/s1. The second-order valence-electron chi connectivity index (χ2n) is 5.88. The molecule has 6 nitrogen and oxygen atoms in total. The minimum absolute atomic E-state index is 0.382. The fraction of sp³-hybridized carbons (Fsp3) is 0.333. The first-order valence-corrected chi connectivity index (χ1v) is 8.53. The van der Waals surface area contributed by atoms with Gasteiger partial charge in [0.05, 0.1) is 27.9 Å². The summed E-state index contributed by atoms with van der Waals surface area (Å²) < 4.78 is 21.7. The lowest BCUT2D eigenvalue weighted by molar-refractivity contribution is -0.000524. The minimum atomic E-state index is -1.08. The minimum Gasteiger partial charge on any atom is -0.493 e. The number of hydrogen-bond acceptors (Lipinski definition) is 6. The highest BCUT2D eigenvalue weighted by Gasteiger charge is 2.24. The number of aliphatic hydroxyl groups excluding tert-OH is 2. The number of methoxy groups -OCH3 is 3. The van der Waals surface area contributed by atoms with E-state index in [-0.39, 0.29) is 6.61 Å². The molecular weight excluding hydrogens is 348 g/mol. The second kappa shape index (κ2) is 9.85. The average molecular weight is 374 g/mol. The normalized spacial score (nSPS) is 12.8. The maximum atomic E-state index is 10.7. The van der Waals surface area contributed by atoms with Gasteiger partial charge in [-0.2, -0.15) is 0 Å². The molecule has 0 radical (unpaired) electrons. The molecule has 0 heterocycles. The van der Waals surface area contributed by atoms with E-state index in [1.807, 2.05) is 12.1 Å². The van der Waals surface area contributed by atoms with E-state index >= 15 is 0 Å². The second-order valence-corrected chi connectivity index (χ2v) is 5.88. The molecule has 0 bridgehead atoms. The molecule has 0 fully saturated rings. The van der Waals surface area contributed by atoms with Crippen LogP contribution in [0.25, 0.3) is 0 Å². The molecule has 0 unspecified atom stereocenters. The van der Waals surface area contributed by atoms with Gasteiger partial charge in [-0.05, 0) is 41.8 Å². The number of ether oxygens (including phenoxy) is 4. The molecular formula is C21H26O6. The van der Waals surface area contributed by atoms with Crippen molar-refractivity contribution < 1.29 is 29.2 Å². The van der Waals surface area contributed by atoms with Crippen molar-refractivity contribution in [1.82, 2.24) is 0 Å². The van der Waals surface area contributed by atoms with Gasteiger partial charge in [-0.1, -0.05) is 18.2 Å². The third-order valence-electron chi connectivity index (χ3n) is 4.17. The molecule has 2 atom stereocenters. The Hall–Kier alpha value is -2.70. The van der Waals surface area contributed by atoms with Crippen molar-refractivity contribution in [2.75, 3.05) is 27.9 Å². The van der Waals surface area contributed by atoms with Crippen LogP contribution in [-0.4, -0.2) is 44.3 Å². The molecule has 6 heteroatoms. The Labute approximate surface area is 159 Å². The fourth-order valence-corrected chi connectivity index (χ4v) is 2.72. The van der Waals surface area contributed by atoms with Crippen molar-refractivity contribution in [3.8, 4) is 23.0 Å². The molecule has 2 aromatic carbocycles. The molecule has 2 aromatic rings. The van der Waals surface area contributed by atoms with Gasteiger partial charge in [0, 0.05) is 0 Å². The third kappa shape index (κ3) is 4.93. The number of hydrogen-bond donors (Lipinski definition) is 2. The van der Waals surface area contributed by atoms with Crippen LogP contribution < -0.4 is 18.9 Å². The van der Waals surface area contributed by atoms with E-state index in [2.05, 4.69) is 6.58 Å². The van der Waals surface area contributed by atoms with Crippen LogP contribution in [0.1, 0.15) is 17.2 Å². The highest BCUT2D eigenvalue weighted by Crippen LogP contribution is 2.34. The topological polar surface area (TPSA) is 77.4 Å². The summed E-state index contributed by atoms with van der Waals surface area (Å²) in [5.41, 5.74) is 1.56. The van der Waals surface area contributed by atoms with Crippen molar-refractivity contribution in [3.63, 3.8) is 0 Å². The van der Waals surface area contributed by atoms with Gasteiger partial charge in [0.2, 0.25) is 0 Å². The molecule has 0 spiro atoms. The average Bonchev–Trinajstić information content (AvgIpc) is 2.71. The van der Waals surface area contributed by atoms with Crippen molar-refractivity contribution in [3.05, 3.63) is 60.2 Å². The first kappa shape index (κ1) is 20.6. The Morgan fingerprint density at radius 2 is 1.56 bits per heavy atom. The highest BCUT2D eigenvalue weighted by molar-refractivity contribution is 5.45. The Balaban J connectivity index is 2.25. The zero-order valence-electron chi connectivity index (χ0n) is 15.8. The Kier molecular flexibility index (Phi) is 7.52. The van der Waals surface area contributed by atoms with Crippen LogP contribution in [0.2, 0.25) is 0 Å². The lowest BCUT2D eigenvalue weighted by Gasteiger charge is -2.24. The van der Waals surface area contributed by atoms with Crippen molar-refractivity contribution in [1.29, 1.82) is 0 Å². The van der Waals surface area contributed by atoms with E-state index in [9.17, 15) is 10.2 Å². The van der Waals surface area contributed by atoms with Gasteiger partial charge >= 0.3 is 0 Å². The van der Waals surface area contributed by atoms with E-state index < -0.39 is 12.2 Å². The summed E-state index contributed by atoms with van der Waals surface area (Å²) in [5.74, 6) is 1.99. The number of benzene rings is 2. The van der Waals surface area contributed by atoms with Gasteiger partial charge in [-0.15, -0.1) is 6.58 Å². The van der Waals surface area contributed by atoms with Gasteiger partial charge in [0.1, 0.15) is 6.10 Å². The quantitative estimate of drug-likeness (QED) is 0.623. The van der Waals surface area contributed by atoms with Gasteiger partial charge in [0.15, 0.2) is 29.1 Å². The van der Waals surface area contributed by atoms with Crippen LogP contribution in [0.3, 0.4) is 0 Å². The number of rotatable bonds is 10. The molecule has 146 valence electrons. The molecule has 0 aliphatic heterocycles. The van der Waals surface area contributed by atoms with Crippen LogP contribution in [0, 0.1) is 0 Å². The zero-order valence-corrected chi connectivity index (χ0v) is 15.8. The summed E-state index contributed by atoms with van der Waals surface area (Å²) in [7, 11) is 4.60.